The predicted molar refractivity (Wildman–Crippen MR) is 72.8 cm³/mol. The first-order valence-corrected chi connectivity index (χ1v) is 6.41. The molecule has 0 amide bonds. The van der Waals surface area contributed by atoms with E-state index in [4.69, 9.17) is 10.5 Å². The van der Waals surface area contributed by atoms with Gasteiger partial charge in [-0.05, 0) is 38.1 Å². The van der Waals surface area contributed by atoms with Gasteiger partial charge in [0.25, 0.3) is 0 Å². The van der Waals surface area contributed by atoms with E-state index in [1.165, 1.54) is 18.3 Å². The van der Waals surface area contributed by atoms with E-state index in [9.17, 15) is 13.2 Å². The van der Waals surface area contributed by atoms with E-state index >= 15 is 0 Å². The SMILES string of the molecule is CC(C)n1ncc(N)c1COc1ccc(C(F)(F)F)cc1. The molecule has 4 nitrogen and oxygen atoms in total. The van der Waals surface area contributed by atoms with E-state index in [1.54, 1.807) is 4.68 Å². The van der Waals surface area contributed by atoms with Crippen LogP contribution in [0.4, 0.5) is 18.9 Å². The molecule has 0 radical (unpaired) electrons. The summed E-state index contributed by atoms with van der Waals surface area (Å²) in [7, 11) is 0. The van der Waals surface area contributed by atoms with Crippen LogP contribution in [0.25, 0.3) is 0 Å². The molecule has 0 aliphatic heterocycles. The number of halogens is 3. The lowest BCUT2D eigenvalue weighted by Crippen LogP contribution is -2.11. The van der Waals surface area contributed by atoms with Gasteiger partial charge in [-0.2, -0.15) is 18.3 Å². The zero-order chi connectivity index (χ0) is 15.6. The van der Waals surface area contributed by atoms with Crippen molar-refractivity contribution in [2.45, 2.75) is 32.7 Å². The number of benzene rings is 1. The summed E-state index contributed by atoms with van der Waals surface area (Å²) < 4.78 is 44.6. The summed E-state index contributed by atoms with van der Waals surface area (Å²) in [5.41, 5.74) is 6.30. The molecule has 0 aliphatic rings. The minimum Gasteiger partial charge on any atom is -0.487 e. The van der Waals surface area contributed by atoms with Gasteiger partial charge < -0.3 is 10.5 Å². The lowest BCUT2D eigenvalue weighted by atomic mass is 10.2. The lowest BCUT2D eigenvalue weighted by molar-refractivity contribution is -0.137. The number of nitrogens with zero attached hydrogens (tertiary/aromatic N) is 2. The van der Waals surface area contributed by atoms with E-state index in [2.05, 4.69) is 5.10 Å². The first-order valence-electron chi connectivity index (χ1n) is 6.41. The molecule has 2 aromatic rings. The molecular weight excluding hydrogens is 283 g/mol. The van der Waals surface area contributed by atoms with Crippen LogP contribution in [0.3, 0.4) is 0 Å². The van der Waals surface area contributed by atoms with Crippen LogP contribution in [0.15, 0.2) is 30.5 Å². The van der Waals surface area contributed by atoms with E-state index in [1.807, 2.05) is 13.8 Å². The van der Waals surface area contributed by atoms with Crippen LogP contribution in [0, 0.1) is 0 Å². The van der Waals surface area contributed by atoms with Gasteiger partial charge in [0.2, 0.25) is 0 Å². The van der Waals surface area contributed by atoms with Crippen molar-refractivity contribution >= 4 is 5.69 Å². The van der Waals surface area contributed by atoms with Gasteiger partial charge in [-0.15, -0.1) is 0 Å². The maximum Gasteiger partial charge on any atom is 0.416 e. The molecule has 0 fully saturated rings. The van der Waals surface area contributed by atoms with E-state index in [0.717, 1.165) is 12.1 Å². The van der Waals surface area contributed by atoms with Gasteiger partial charge >= 0.3 is 6.18 Å². The Morgan fingerprint density at radius 2 is 1.86 bits per heavy atom. The molecule has 1 heterocycles. The largest absolute Gasteiger partial charge is 0.487 e. The second kappa shape index (κ2) is 5.67. The maximum absolute atomic E-state index is 12.5. The molecular formula is C14H16F3N3O. The highest BCUT2D eigenvalue weighted by Crippen LogP contribution is 2.30. The van der Waals surface area contributed by atoms with Crippen LogP contribution in [0.2, 0.25) is 0 Å². The van der Waals surface area contributed by atoms with Gasteiger partial charge in [0.1, 0.15) is 12.4 Å². The molecule has 1 aromatic carbocycles. The van der Waals surface area contributed by atoms with Crippen LogP contribution in [0.5, 0.6) is 5.75 Å². The van der Waals surface area contributed by atoms with E-state index < -0.39 is 11.7 Å². The molecule has 2 rings (SSSR count). The second-order valence-corrected chi connectivity index (χ2v) is 4.90. The number of nitrogens with two attached hydrogens (primary N) is 1. The van der Waals surface area contributed by atoms with Crippen molar-refractivity contribution < 1.29 is 17.9 Å². The highest BCUT2D eigenvalue weighted by molar-refractivity contribution is 5.41. The standard InChI is InChI=1S/C14H16F3N3O/c1-9(2)20-13(12(18)7-19-20)8-21-11-5-3-10(4-6-11)14(15,16)17/h3-7,9H,8,18H2,1-2H3. The summed E-state index contributed by atoms with van der Waals surface area (Å²) in [6, 6.07) is 4.66. The molecule has 21 heavy (non-hydrogen) atoms. The van der Waals surface area contributed by atoms with Gasteiger partial charge in [-0.25, -0.2) is 0 Å². The van der Waals surface area contributed by atoms with Crippen molar-refractivity contribution in [3.8, 4) is 5.75 Å². The number of nitrogen functional groups attached to an aromatic ring is 1. The molecule has 0 spiro atoms. The van der Waals surface area contributed by atoms with Gasteiger partial charge in [0.15, 0.2) is 0 Å². The fourth-order valence-corrected chi connectivity index (χ4v) is 1.89. The molecule has 0 aliphatic carbocycles. The first kappa shape index (κ1) is 15.2. The average molecular weight is 299 g/mol. The third-order valence-corrected chi connectivity index (χ3v) is 2.98. The van der Waals surface area contributed by atoms with Crippen molar-refractivity contribution in [2.75, 3.05) is 5.73 Å². The Morgan fingerprint density at radius 1 is 1.24 bits per heavy atom. The molecule has 0 unspecified atom stereocenters. The van der Waals surface area contributed by atoms with Gasteiger partial charge in [-0.3, -0.25) is 4.68 Å². The Bertz CT molecular complexity index is 603. The summed E-state index contributed by atoms with van der Waals surface area (Å²) >= 11 is 0. The minimum absolute atomic E-state index is 0.119. The highest BCUT2D eigenvalue weighted by Gasteiger charge is 2.30. The van der Waals surface area contributed by atoms with Crippen LogP contribution in [-0.2, 0) is 12.8 Å². The Kier molecular flexibility index (Phi) is 4.11. The first-order chi connectivity index (χ1) is 9.79. The second-order valence-electron chi connectivity index (χ2n) is 4.90. The zero-order valence-electron chi connectivity index (χ0n) is 11.7. The Hall–Kier alpha value is -2.18. The topological polar surface area (TPSA) is 53.1 Å². The normalized spacial score (nSPS) is 11.9. The number of hydrogen-bond donors (Lipinski definition) is 1. The lowest BCUT2D eigenvalue weighted by Gasteiger charge is -2.13. The van der Waals surface area contributed by atoms with Crippen LogP contribution in [0.1, 0.15) is 31.1 Å². The summed E-state index contributed by atoms with van der Waals surface area (Å²) in [6.07, 6.45) is -2.81. The van der Waals surface area contributed by atoms with E-state index in [0.29, 0.717) is 17.1 Å². The molecule has 114 valence electrons. The maximum atomic E-state index is 12.5. The Balaban J connectivity index is 2.09. The molecule has 2 N–H and O–H groups in total. The summed E-state index contributed by atoms with van der Waals surface area (Å²) in [5, 5.41) is 4.14. The van der Waals surface area contributed by atoms with Gasteiger partial charge in [0, 0.05) is 6.04 Å². The molecule has 0 saturated heterocycles. The van der Waals surface area contributed by atoms with Crippen molar-refractivity contribution in [3.05, 3.63) is 41.7 Å². The minimum atomic E-state index is -4.35. The number of rotatable bonds is 4. The Labute approximate surface area is 120 Å². The predicted octanol–water partition coefficient (Wildman–Crippen LogP) is 3.64. The van der Waals surface area contributed by atoms with Gasteiger partial charge in [0.05, 0.1) is 23.1 Å². The average Bonchev–Trinajstić information content (AvgIpc) is 2.77. The van der Waals surface area contributed by atoms with Crippen molar-refractivity contribution in [1.82, 2.24) is 9.78 Å². The number of ether oxygens (including phenoxy) is 1. The quantitative estimate of drug-likeness (QED) is 0.937. The molecule has 1 aromatic heterocycles. The fourth-order valence-electron chi connectivity index (χ4n) is 1.89. The van der Waals surface area contributed by atoms with Gasteiger partial charge in [-0.1, -0.05) is 0 Å². The summed E-state index contributed by atoms with van der Waals surface area (Å²) in [5.74, 6) is 0.346. The number of alkyl halides is 3. The van der Waals surface area contributed by atoms with Crippen LogP contribution >= 0.6 is 0 Å². The van der Waals surface area contributed by atoms with Crippen LogP contribution in [-0.4, -0.2) is 9.78 Å². The van der Waals surface area contributed by atoms with Crippen LogP contribution < -0.4 is 10.5 Å². The summed E-state index contributed by atoms with van der Waals surface area (Å²) in [4.78, 5) is 0. The zero-order valence-corrected chi connectivity index (χ0v) is 11.7. The van der Waals surface area contributed by atoms with Crippen molar-refractivity contribution in [3.63, 3.8) is 0 Å². The van der Waals surface area contributed by atoms with Crippen molar-refractivity contribution in [2.24, 2.45) is 0 Å². The molecule has 0 bridgehead atoms. The summed E-state index contributed by atoms with van der Waals surface area (Å²) in [6.45, 7) is 4.05. The highest BCUT2D eigenvalue weighted by atomic mass is 19.4. The third kappa shape index (κ3) is 3.48. The van der Waals surface area contributed by atoms with E-state index in [-0.39, 0.29) is 12.6 Å². The third-order valence-electron chi connectivity index (χ3n) is 2.98. The fraction of sp³-hybridized carbons (Fsp3) is 0.357. The Morgan fingerprint density at radius 3 is 2.38 bits per heavy atom. The van der Waals surface area contributed by atoms with Crippen molar-refractivity contribution in [1.29, 1.82) is 0 Å². The molecule has 0 atom stereocenters. The number of hydrogen-bond acceptors (Lipinski definition) is 3. The smallest absolute Gasteiger partial charge is 0.416 e. The monoisotopic (exact) mass is 299 g/mol. The number of anilines is 1. The molecule has 7 heteroatoms. The molecule has 0 saturated carbocycles. The number of aromatic nitrogens is 2.